The van der Waals surface area contributed by atoms with Crippen molar-refractivity contribution in [3.05, 3.63) is 57.3 Å². The average molecular weight is 288 g/mol. The Kier molecular flexibility index (Phi) is 5.77. The molecule has 0 radical (unpaired) electrons. The number of hydrogen-bond acceptors (Lipinski definition) is 3. The molecule has 2 nitrogen and oxygen atoms in total. The molecule has 1 unspecified atom stereocenters. The summed E-state index contributed by atoms with van der Waals surface area (Å²) in [7, 11) is 0. The molecule has 3 heteroatoms. The second-order valence-electron chi connectivity index (χ2n) is 5.29. The van der Waals surface area contributed by atoms with Gasteiger partial charge in [-0.15, -0.1) is 11.3 Å². The number of benzene rings is 1. The van der Waals surface area contributed by atoms with Gasteiger partial charge < -0.3 is 11.1 Å². The Morgan fingerprint density at radius 2 is 1.95 bits per heavy atom. The molecule has 1 aromatic carbocycles. The van der Waals surface area contributed by atoms with Crippen LogP contribution in [-0.2, 0) is 6.54 Å². The lowest BCUT2D eigenvalue weighted by Crippen LogP contribution is -2.17. The summed E-state index contributed by atoms with van der Waals surface area (Å²) in [4.78, 5) is 2.85. The molecule has 2 rings (SSSR count). The van der Waals surface area contributed by atoms with Crippen molar-refractivity contribution in [2.45, 2.75) is 39.3 Å². The number of hydrogen-bond donors (Lipinski definition) is 2. The lowest BCUT2D eigenvalue weighted by molar-refractivity contribution is 0.568. The van der Waals surface area contributed by atoms with Crippen molar-refractivity contribution >= 4 is 11.3 Å². The first-order chi connectivity index (χ1) is 9.66. The quantitative estimate of drug-likeness (QED) is 0.757. The van der Waals surface area contributed by atoms with E-state index < -0.39 is 0 Å². The van der Waals surface area contributed by atoms with E-state index >= 15 is 0 Å². The molecule has 0 aliphatic rings. The lowest BCUT2D eigenvalue weighted by atomic mass is 10.0. The molecule has 0 saturated heterocycles. The SMILES string of the molecule is Cc1cc(CNCCCC(N)c2ccccc2)sc1C. The van der Waals surface area contributed by atoms with Crippen molar-refractivity contribution in [2.24, 2.45) is 5.73 Å². The van der Waals surface area contributed by atoms with Crippen molar-refractivity contribution in [3.63, 3.8) is 0 Å². The monoisotopic (exact) mass is 288 g/mol. The minimum Gasteiger partial charge on any atom is -0.324 e. The van der Waals surface area contributed by atoms with Crippen LogP contribution in [-0.4, -0.2) is 6.54 Å². The second-order valence-corrected chi connectivity index (χ2v) is 6.63. The van der Waals surface area contributed by atoms with Gasteiger partial charge in [-0.25, -0.2) is 0 Å². The number of thiophene rings is 1. The predicted octanol–water partition coefficient (Wildman–Crippen LogP) is 3.93. The van der Waals surface area contributed by atoms with Gasteiger partial charge >= 0.3 is 0 Å². The van der Waals surface area contributed by atoms with E-state index in [1.807, 2.05) is 17.4 Å². The van der Waals surface area contributed by atoms with Crippen LogP contribution < -0.4 is 11.1 Å². The number of nitrogens with two attached hydrogens (primary N) is 1. The second kappa shape index (κ2) is 7.58. The predicted molar refractivity (Wildman–Crippen MR) is 88.1 cm³/mol. The van der Waals surface area contributed by atoms with E-state index in [0.29, 0.717) is 0 Å². The van der Waals surface area contributed by atoms with Crippen LogP contribution in [0, 0.1) is 13.8 Å². The lowest BCUT2D eigenvalue weighted by Gasteiger charge is -2.11. The van der Waals surface area contributed by atoms with E-state index in [2.05, 4.69) is 49.5 Å². The van der Waals surface area contributed by atoms with Crippen molar-refractivity contribution in [1.82, 2.24) is 5.32 Å². The summed E-state index contributed by atoms with van der Waals surface area (Å²) in [6.45, 7) is 6.35. The van der Waals surface area contributed by atoms with Gasteiger partial charge in [-0.2, -0.15) is 0 Å². The Morgan fingerprint density at radius 1 is 1.20 bits per heavy atom. The Balaban J connectivity index is 1.64. The van der Waals surface area contributed by atoms with Gasteiger partial charge in [0, 0.05) is 22.3 Å². The first-order valence-corrected chi connectivity index (χ1v) is 8.05. The highest BCUT2D eigenvalue weighted by atomic mass is 32.1. The van der Waals surface area contributed by atoms with Crippen molar-refractivity contribution in [2.75, 3.05) is 6.54 Å². The van der Waals surface area contributed by atoms with Crippen LogP contribution in [0.1, 0.15) is 39.8 Å². The van der Waals surface area contributed by atoms with Gasteiger partial charge in [-0.3, -0.25) is 0 Å². The minimum absolute atomic E-state index is 0.157. The van der Waals surface area contributed by atoms with Gasteiger partial charge in [-0.05, 0) is 50.4 Å². The highest BCUT2D eigenvalue weighted by molar-refractivity contribution is 7.12. The normalized spacial score (nSPS) is 12.6. The smallest absolute Gasteiger partial charge is 0.0299 e. The Hall–Kier alpha value is -1.16. The van der Waals surface area contributed by atoms with E-state index in [4.69, 9.17) is 5.73 Å². The largest absolute Gasteiger partial charge is 0.324 e. The zero-order valence-electron chi connectivity index (χ0n) is 12.4. The van der Waals surface area contributed by atoms with Crippen LogP contribution in [0.5, 0.6) is 0 Å². The number of nitrogens with one attached hydrogen (secondary N) is 1. The number of rotatable bonds is 7. The maximum atomic E-state index is 6.19. The van der Waals surface area contributed by atoms with E-state index in [9.17, 15) is 0 Å². The molecule has 0 spiro atoms. The van der Waals surface area contributed by atoms with E-state index in [1.54, 1.807) is 0 Å². The van der Waals surface area contributed by atoms with Gasteiger partial charge in [0.05, 0.1) is 0 Å². The molecule has 2 aromatic rings. The number of aryl methyl sites for hydroxylation is 2. The van der Waals surface area contributed by atoms with Crippen LogP contribution >= 0.6 is 11.3 Å². The molecule has 1 aromatic heterocycles. The van der Waals surface area contributed by atoms with Crippen LogP contribution in [0.3, 0.4) is 0 Å². The molecule has 108 valence electrons. The molecule has 0 fully saturated rings. The van der Waals surface area contributed by atoms with Gasteiger partial charge in [0.2, 0.25) is 0 Å². The summed E-state index contributed by atoms with van der Waals surface area (Å²) >= 11 is 1.89. The molecule has 1 atom stereocenters. The molecule has 0 aliphatic heterocycles. The molecular weight excluding hydrogens is 264 g/mol. The third kappa shape index (κ3) is 4.44. The van der Waals surface area contributed by atoms with E-state index in [0.717, 1.165) is 25.9 Å². The third-order valence-corrected chi connectivity index (χ3v) is 4.77. The summed E-state index contributed by atoms with van der Waals surface area (Å²) in [5, 5.41) is 3.50. The van der Waals surface area contributed by atoms with Crippen LogP contribution in [0.15, 0.2) is 36.4 Å². The van der Waals surface area contributed by atoms with E-state index in [-0.39, 0.29) is 6.04 Å². The fourth-order valence-corrected chi connectivity index (χ4v) is 3.29. The van der Waals surface area contributed by atoms with Crippen molar-refractivity contribution in [3.8, 4) is 0 Å². The Labute approximate surface area is 126 Å². The fraction of sp³-hybridized carbons (Fsp3) is 0.412. The summed E-state index contributed by atoms with van der Waals surface area (Å²) in [5.41, 5.74) is 8.82. The molecule has 1 heterocycles. The topological polar surface area (TPSA) is 38.0 Å². The van der Waals surface area contributed by atoms with Crippen LogP contribution in [0.25, 0.3) is 0 Å². The zero-order chi connectivity index (χ0) is 14.4. The van der Waals surface area contributed by atoms with Crippen molar-refractivity contribution in [1.29, 1.82) is 0 Å². The maximum Gasteiger partial charge on any atom is 0.0299 e. The van der Waals surface area contributed by atoms with Crippen molar-refractivity contribution < 1.29 is 0 Å². The molecule has 0 amide bonds. The van der Waals surface area contributed by atoms with E-state index in [1.165, 1.54) is 20.9 Å². The first-order valence-electron chi connectivity index (χ1n) is 7.24. The highest BCUT2D eigenvalue weighted by Crippen LogP contribution is 2.20. The van der Waals surface area contributed by atoms with Crippen LogP contribution in [0.2, 0.25) is 0 Å². The Bertz CT molecular complexity index is 500. The molecule has 3 N–H and O–H groups in total. The van der Waals surface area contributed by atoms with Gasteiger partial charge in [0.15, 0.2) is 0 Å². The summed E-state index contributed by atoms with van der Waals surface area (Å²) in [5.74, 6) is 0. The minimum atomic E-state index is 0.157. The van der Waals surface area contributed by atoms with Gasteiger partial charge in [0.1, 0.15) is 0 Å². The van der Waals surface area contributed by atoms with Crippen LogP contribution in [0.4, 0.5) is 0 Å². The molecule has 0 aliphatic carbocycles. The van der Waals surface area contributed by atoms with Gasteiger partial charge in [0.25, 0.3) is 0 Å². The van der Waals surface area contributed by atoms with Gasteiger partial charge in [-0.1, -0.05) is 30.3 Å². The standard InChI is InChI=1S/C17H24N2S/c1-13-11-16(20-14(13)2)12-19-10-6-9-17(18)15-7-4-3-5-8-15/h3-5,7-8,11,17,19H,6,9-10,12,18H2,1-2H3. The maximum absolute atomic E-state index is 6.19. The summed E-state index contributed by atoms with van der Waals surface area (Å²) < 4.78 is 0. The average Bonchev–Trinajstić information content (AvgIpc) is 2.78. The fourth-order valence-electron chi connectivity index (χ4n) is 2.26. The highest BCUT2D eigenvalue weighted by Gasteiger charge is 2.05. The summed E-state index contributed by atoms with van der Waals surface area (Å²) in [6, 6.07) is 12.8. The third-order valence-electron chi connectivity index (χ3n) is 3.61. The summed E-state index contributed by atoms with van der Waals surface area (Å²) in [6.07, 6.45) is 2.14. The molecule has 0 saturated carbocycles. The zero-order valence-corrected chi connectivity index (χ0v) is 13.2. The molecule has 20 heavy (non-hydrogen) atoms. The molecular formula is C17H24N2S. The first kappa shape index (κ1) is 15.2. The Morgan fingerprint density at radius 3 is 2.60 bits per heavy atom. The molecule has 0 bridgehead atoms.